The summed E-state index contributed by atoms with van der Waals surface area (Å²) in [6.07, 6.45) is 4.95. The van der Waals surface area contributed by atoms with Gasteiger partial charge in [-0.05, 0) is 50.9 Å². The normalized spacial score (nSPS) is 24.5. The van der Waals surface area contributed by atoms with Gasteiger partial charge in [-0.1, -0.05) is 32.4 Å². The second-order valence-electron chi connectivity index (χ2n) is 7.00. The molecule has 0 atom stereocenters. The Hall–Kier alpha value is -0.630. The van der Waals surface area contributed by atoms with Gasteiger partial charge in [0.15, 0.2) is 0 Å². The average molecular weight is 281 g/mol. The van der Waals surface area contributed by atoms with Gasteiger partial charge < -0.3 is 0 Å². The fourth-order valence-electron chi connectivity index (χ4n) is 3.01. The third-order valence-corrected chi connectivity index (χ3v) is 5.03. The lowest BCUT2D eigenvalue weighted by Crippen LogP contribution is -2.26. The second-order valence-corrected chi connectivity index (χ2v) is 7.36. The minimum Gasteiger partial charge on any atom is -0.238 e. The Labute approximate surface area is 122 Å². The van der Waals surface area contributed by atoms with E-state index in [0.717, 1.165) is 23.0 Å². The van der Waals surface area contributed by atoms with Gasteiger partial charge in [-0.2, -0.15) is 0 Å². The number of aromatic nitrogens is 2. The quantitative estimate of drug-likeness (QED) is 0.672. The van der Waals surface area contributed by atoms with Crippen LogP contribution < -0.4 is 0 Å². The fourth-order valence-corrected chi connectivity index (χ4v) is 3.24. The van der Waals surface area contributed by atoms with E-state index in [9.17, 15) is 0 Å². The summed E-state index contributed by atoms with van der Waals surface area (Å²) >= 11 is 6.19. The van der Waals surface area contributed by atoms with Crippen LogP contribution in [-0.2, 0) is 0 Å². The molecule has 0 spiro atoms. The summed E-state index contributed by atoms with van der Waals surface area (Å²) in [7, 11) is 0. The minimum atomic E-state index is 0.423. The Morgan fingerprint density at radius 1 is 1.00 bits per heavy atom. The van der Waals surface area contributed by atoms with Gasteiger partial charge in [-0.25, -0.2) is 9.97 Å². The number of rotatable bonds is 1. The molecule has 1 aliphatic rings. The Morgan fingerprint density at radius 3 is 2.05 bits per heavy atom. The van der Waals surface area contributed by atoms with Gasteiger partial charge in [0.05, 0.1) is 0 Å². The zero-order valence-electron chi connectivity index (χ0n) is 12.8. The summed E-state index contributed by atoms with van der Waals surface area (Å²) in [6, 6.07) is 0. The molecule has 0 saturated heterocycles. The van der Waals surface area contributed by atoms with Crippen molar-refractivity contribution in [2.45, 2.75) is 66.2 Å². The maximum Gasteiger partial charge on any atom is 0.135 e. The number of hydrogen-bond acceptors (Lipinski definition) is 2. The van der Waals surface area contributed by atoms with E-state index in [-0.39, 0.29) is 0 Å². The molecule has 0 unspecified atom stereocenters. The molecule has 2 nitrogen and oxygen atoms in total. The maximum atomic E-state index is 6.19. The van der Waals surface area contributed by atoms with E-state index in [1.807, 2.05) is 13.8 Å². The SMILES string of the molecule is Cc1nc(C2CCC(C(C)(C)C)CC2)nc(Cl)c1C. The van der Waals surface area contributed by atoms with Gasteiger partial charge in [0, 0.05) is 17.2 Å². The highest BCUT2D eigenvalue weighted by molar-refractivity contribution is 6.30. The van der Waals surface area contributed by atoms with Crippen LogP contribution in [0, 0.1) is 25.2 Å². The molecule has 0 aliphatic heterocycles. The molecule has 0 N–H and O–H groups in total. The summed E-state index contributed by atoms with van der Waals surface area (Å²) in [5.74, 6) is 2.28. The van der Waals surface area contributed by atoms with E-state index < -0.39 is 0 Å². The summed E-state index contributed by atoms with van der Waals surface area (Å²) in [5, 5.41) is 0.625. The first-order valence-electron chi connectivity index (χ1n) is 7.29. The number of halogens is 1. The number of nitrogens with zero attached hydrogens (tertiary/aromatic N) is 2. The van der Waals surface area contributed by atoms with Crippen molar-refractivity contribution < 1.29 is 0 Å². The lowest BCUT2D eigenvalue weighted by atomic mass is 9.69. The van der Waals surface area contributed by atoms with Crippen molar-refractivity contribution in [1.29, 1.82) is 0 Å². The predicted molar refractivity (Wildman–Crippen MR) is 80.7 cm³/mol. The van der Waals surface area contributed by atoms with E-state index in [4.69, 9.17) is 11.6 Å². The highest BCUT2D eigenvalue weighted by Gasteiger charge is 2.31. The van der Waals surface area contributed by atoms with E-state index >= 15 is 0 Å². The molecule has 106 valence electrons. The van der Waals surface area contributed by atoms with Crippen molar-refractivity contribution in [3.8, 4) is 0 Å². The molecule has 2 rings (SSSR count). The Balaban J connectivity index is 2.10. The monoisotopic (exact) mass is 280 g/mol. The molecular formula is C16H25ClN2. The molecule has 0 radical (unpaired) electrons. The number of hydrogen-bond donors (Lipinski definition) is 0. The molecule has 1 aromatic rings. The van der Waals surface area contributed by atoms with E-state index in [0.29, 0.717) is 16.5 Å². The lowest BCUT2D eigenvalue weighted by Gasteiger charge is -2.36. The molecule has 0 bridgehead atoms. The predicted octanol–water partition coefficient (Wildman–Crippen LogP) is 5.07. The third kappa shape index (κ3) is 3.28. The van der Waals surface area contributed by atoms with E-state index in [1.54, 1.807) is 0 Å². The van der Waals surface area contributed by atoms with Crippen LogP contribution in [0.25, 0.3) is 0 Å². The zero-order valence-corrected chi connectivity index (χ0v) is 13.5. The lowest BCUT2D eigenvalue weighted by molar-refractivity contribution is 0.167. The standard InChI is InChI=1S/C16H25ClN2/c1-10-11(2)18-15(19-14(10)17)12-6-8-13(9-7-12)16(3,4)5/h12-13H,6-9H2,1-5H3. The summed E-state index contributed by atoms with van der Waals surface area (Å²) in [4.78, 5) is 9.15. The van der Waals surface area contributed by atoms with Crippen molar-refractivity contribution in [3.63, 3.8) is 0 Å². The van der Waals surface area contributed by atoms with Crippen molar-refractivity contribution in [3.05, 3.63) is 22.2 Å². The van der Waals surface area contributed by atoms with Crippen LogP contribution in [-0.4, -0.2) is 9.97 Å². The summed E-state index contributed by atoms with van der Waals surface area (Å²) in [5.41, 5.74) is 2.45. The molecule has 1 saturated carbocycles. The molecule has 0 aromatic carbocycles. The fraction of sp³-hybridized carbons (Fsp3) is 0.750. The van der Waals surface area contributed by atoms with Crippen molar-refractivity contribution in [1.82, 2.24) is 9.97 Å². The van der Waals surface area contributed by atoms with E-state index in [2.05, 4.69) is 30.7 Å². The first-order valence-corrected chi connectivity index (χ1v) is 7.67. The third-order valence-electron chi connectivity index (χ3n) is 4.66. The zero-order chi connectivity index (χ0) is 14.2. The van der Waals surface area contributed by atoms with E-state index in [1.165, 1.54) is 25.7 Å². The molecule has 1 aliphatic carbocycles. The van der Waals surface area contributed by atoms with Crippen molar-refractivity contribution in [2.75, 3.05) is 0 Å². The maximum absolute atomic E-state index is 6.19. The van der Waals surface area contributed by atoms with Gasteiger partial charge in [-0.15, -0.1) is 0 Å². The van der Waals surface area contributed by atoms with Crippen LogP contribution in [0.1, 0.15) is 69.5 Å². The average Bonchev–Trinajstić information content (AvgIpc) is 2.34. The molecule has 19 heavy (non-hydrogen) atoms. The van der Waals surface area contributed by atoms with Gasteiger partial charge in [0.25, 0.3) is 0 Å². The summed E-state index contributed by atoms with van der Waals surface area (Å²) < 4.78 is 0. The second kappa shape index (κ2) is 5.40. The highest BCUT2D eigenvalue weighted by Crippen LogP contribution is 2.42. The first-order chi connectivity index (χ1) is 8.79. The first kappa shape index (κ1) is 14.8. The number of aryl methyl sites for hydroxylation is 1. The molecule has 1 aromatic heterocycles. The van der Waals surface area contributed by atoms with Gasteiger partial charge in [0.2, 0.25) is 0 Å². The molecule has 3 heteroatoms. The van der Waals surface area contributed by atoms with Gasteiger partial charge >= 0.3 is 0 Å². The molecule has 1 heterocycles. The Morgan fingerprint density at radius 2 is 1.58 bits per heavy atom. The van der Waals surface area contributed by atoms with Crippen molar-refractivity contribution >= 4 is 11.6 Å². The van der Waals surface area contributed by atoms with Gasteiger partial charge in [-0.3, -0.25) is 0 Å². The minimum absolute atomic E-state index is 0.423. The molecule has 0 amide bonds. The van der Waals surface area contributed by atoms with Crippen LogP contribution in [0.3, 0.4) is 0 Å². The molecular weight excluding hydrogens is 256 g/mol. The molecule has 1 fully saturated rings. The largest absolute Gasteiger partial charge is 0.238 e. The van der Waals surface area contributed by atoms with Crippen LogP contribution in [0.4, 0.5) is 0 Å². The van der Waals surface area contributed by atoms with Crippen LogP contribution in [0.5, 0.6) is 0 Å². The highest BCUT2D eigenvalue weighted by atomic mass is 35.5. The smallest absolute Gasteiger partial charge is 0.135 e. The van der Waals surface area contributed by atoms with Crippen LogP contribution in [0.2, 0.25) is 5.15 Å². The topological polar surface area (TPSA) is 25.8 Å². The van der Waals surface area contributed by atoms with Gasteiger partial charge in [0.1, 0.15) is 11.0 Å². The van der Waals surface area contributed by atoms with Crippen LogP contribution >= 0.6 is 11.6 Å². The van der Waals surface area contributed by atoms with Crippen molar-refractivity contribution in [2.24, 2.45) is 11.3 Å². The Kier molecular flexibility index (Phi) is 4.20. The Bertz CT molecular complexity index is 431. The van der Waals surface area contributed by atoms with Crippen LogP contribution in [0.15, 0.2) is 0 Å². The summed E-state index contributed by atoms with van der Waals surface area (Å²) in [6.45, 7) is 11.1.